The van der Waals surface area contributed by atoms with Crippen molar-refractivity contribution in [3.8, 4) is 12.3 Å². The van der Waals surface area contributed by atoms with Gasteiger partial charge in [-0.05, 0) is 58.1 Å². The van der Waals surface area contributed by atoms with Crippen molar-refractivity contribution in [2.24, 2.45) is 11.8 Å². The molecule has 0 bridgehead atoms. The Labute approximate surface area is 195 Å². The maximum Gasteiger partial charge on any atom is 0.412 e. The summed E-state index contributed by atoms with van der Waals surface area (Å²) in [7, 11) is 0. The van der Waals surface area contributed by atoms with E-state index in [-0.39, 0.29) is 17.5 Å². The molecule has 1 aromatic rings. The van der Waals surface area contributed by atoms with Gasteiger partial charge in [-0.3, -0.25) is 14.9 Å². The Morgan fingerprint density at radius 1 is 1.33 bits per heavy atom. The van der Waals surface area contributed by atoms with Crippen molar-refractivity contribution >= 4 is 17.7 Å². The largest absolute Gasteiger partial charge is 0.444 e. The molecule has 2 aliphatic rings. The van der Waals surface area contributed by atoms with Crippen LogP contribution in [0.25, 0.3) is 0 Å². The predicted molar refractivity (Wildman–Crippen MR) is 128 cm³/mol. The van der Waals surface area contributed by atoms with Crippen molar-refractivity contribution in [2.45, 2.75) is 70.6 Å². The SMILES string of the molecule is C#CC(C[C@@H]1CCNC1=C)NC(=O)[C@H](CC1CC1)n1cccc(NC(=O)OC(C)(C)C)c1=O. The summed E-state index contributed by atoms with van der Waals surface area (Å²) in [5.74, 6) is 2.97. The van der Waals surface area contributed by atoms with Crippen molar-refractivity contribution in [1.29, 1.82) is 0 Å². The number of pyridine rings is 1. The molecule has 3 atom stereocenters. The number of terminal acetylenes is 1. The van der Waals surface area contributed by atoms with Gasteiger partial charge in [0.2, 0.25) is 5.91 Å². The van der Waals surface area contributed by atoms with Crippen LogP contribution in [-0.4, -0.2) is 34.8 Å². The molecule has 8 nitrogen and oxygen atoms in total. The number of rotatable bonds is 8. The normalized spacial score (nSPS) is 19.7. The van der Waals surface area contributed by atoms with Gasteiger partial charge in [-0.2, -0.15) is 0 Å². The lowest BCUT2D eigenvalue weighted by molar-refractivity contribution is -0.125. The van der Waals surface area contributed by atoms with Gasteiger partial charge >= 0.3 is 6.09 Å². The van der Waals surface area contributed by atoms with Crippen molar-refractivity contribution in [3.63, 3.8) is 0 Å². The Balaban J connectivity index is 1.77. The van der Waals surface area contributed by atoms with E-state index in [0.717, 1.165) is 31.5 Å². The maximum atomic E-state index is 13.3. The van der Waals surface area contributed by atoms with E-state index in [1.54, 1.807) is 33.0 Å². The molecule has 8 heteroatoms. The third-order valence-electron chi connectivity index (χ3n) is 5.88. The molecule has 1 unspecified atom stereocenters. The molecule has 33 heavy (non-hydrogen) atoms. The lowest BCUT2D eigenvalue weighted by Crippen LogP contribution is -2.43. The van der Waals surface area contributed by atoms with Crippen molar-refractivity contribution in [2.75, 3.05) is 11.9 Å². The third kappa shape index (κ3) is 6.88. The first-order valence-corrected chi connectivity index (χ1v) is 11.5. The number of allylic oxidation sites excluding steroid dienone is 1. The number of hydrogen-bond acceptors (Lipinski definition) is 5. The molecular weight excluding hydrogens is 420 g/mol. The van der Waals surface area contributed by atoms with Crippen LogP contribution in [0.15, 0.2) is 35.4 Å². The van der Waals surface area contributed by atoms with Gasteiger partial charge in [-0.1, -0.05) is 25.3 Å². The van der Waals surface area contributed by atoms with E-state index in [0.29, 0.717) is 18.8 Å². The number of carbonyl (C=O) groups excluding carboxylic acids is 2. The Morgan fingerprint density at radius 3 is 2.64 bits per heavy atom. The number of anilines is 1. The fourth-order valence-electron chi connectivity index (χ4n) is 3.99. The van der Waals surface area contributed by atoms with Gasteiger partial charge in [0, 0.05) is 24.4 Å². The minimum absolute atomic E-state index is 0.0576. The van der Waals surface area contributed by atoms with Crippen LogP contribution in [-0.2, 0) is 9.53 Å². The molecule has 2 amide bonds. The fraction of sp³-hybridized carbons (Fsp3) is 0.560. The quantitative estimate of drug-likeness (QED) is 0.524. The van der Waals surface area contributed by atoms with E-state index in [9.17, 15) is 14.4 Å². The number of nitrogens with one attached hydrogen (secondary N) is 3. The zero-order chi connectivity index (χ0) is 24.2. The fourth-order valence-corrected chi connectivity index (χ4v) is 3.99. The molecule has 3 rings (SSSR count). The summed E-state index contributed by atoms with van der Waals surface area (Å²) in [5.41, 5.74) is -0.162. The zero-order valence-electron chi connectivity index (χ0n) is 19.6. The Morgan fingerprint density at radius 2 is 2.06 bits per heavy atom. The highest BCUT2D eigenvalue weighted by atomic mass is 16.6. The number of hydrogen-bond donors (Lipinski definition) is 3. The maximum absolute atomic E-state index is 13.3. The zero-order valence-corrected chi connectivity index (χ0v) is 19.6. The second-order valence-electron chi connectivity index (χ2n) is 9.86. The van der Waals surface area contributed by atoms with Crippen LogP contribution in [0.1, 0.15) is 58.9 Å². The topological polar surface area (TPSA) is 101 Å². The van der Waals surface area contributed by atoms with E-state index in [1.807, 2.05) is 0 Å². The number of ether oxygens (including phenoxy) is 1. The molecule has 3 N–H and O–H groups in total. The van der Waals surface area contributed by atoms with Crippen LogP contribution in [0.3, 0.4) is 0 Å². The lowest BCUT2D eigenvalue weighted by Gasteiger charge is -2.24. The summed E-state index contributed by atoms with van der Waals surface area (Å²) < 4.78 is 6.63. The van der Waals surface area contributed by atoms with E-state index in [4.69, 9.17) is 11.2 Å². The van der Waals surface area contributed by atoms with Gasteiger partial charge in [0.1, 0.15) is 17.3 Å². The van der Waals surface area contributed by atoms with Gasteiger partial charge in [0.25, 0.3) is 5.56 Å². The molecule has 0 spiro atoms. The Kier molecular flexibility index (Phi) is 7.52. The highest BCUT2D eigenvalue weighted by Crippen LogP contribution is 2.37. The van der Waals surface area contributed by atoms with Crippen LogP contribution in [0.5, 0.6) is 0 Å². The number of nitrogens with zero attached hydrogens (tertiary/aromatic N) is 1. The molecule has 178 valence electrons. The van der Waals surface area contributed by atoms with Crippen LogP contribution in [0.4, 0.5) is 10.5 Å². The van der Waals surface area contributed by atoms with Gasteiger partial charge < -0.3 is 19.9 Å². The molecule has 1 saturated heterocycles. The summed E-state index contributed by atoms with van der Waals surface area (Å²) in [4.78, 5) is 38.6. The van der Waals surface area contributed by atoms with Gasteiger partial charge in [0.05, 0.1) is 6.04 Å². The molecule has 1 aromatic heterocycles. The highest BCUT2D eigenvalue weighted by molar-refractivity contribution is 5.85. The van der Waals surface area contributed by atoms with Crippen LogP contribution in [0, 0.1) is 24.2 Å². The van der Waals surface area contributed by atoms with Crippen molar-refractivity contribution in [3.05, 3.63) is 41.0 Å². The molecule has 2 heterocycles. The summed E-state index contributed by atoms with van der Waals surface area (Å²) in [6, 6.07) is 1.96. The number of carbonyl (C=O) groups is 2. The molecule has 1 aliphatic carbocycles. The third-order valence-corrected chi connectivity index (χ3v) is 5.88. The van der Waals surface area contributed by atoms with E-state index in [2.05, 4.69) is 28.4 Å². The van der Waals surface area contributed by atoms with Crippen LogP contribution < -0.4 is 21.5 Å². The molecule has 0 radical (unpaired) electrons. The summed E-state index contributed by atoms with van der Waals surface area (Å²) >= 11 is 0. The minimum atomic E-state index is -0.724. The van der Waals surface area contributed by atoms with Gasteiger partial charge in [-0.25, -0.2) is 4.79 Å². The second-order valence-corrected chi connectivity index (χ2v) is 9.86. The number of aromatic nitrogens is 1. The number of amides is 2. The summed E-state index contributed by atoms with van der Waals surface area (Å²) in [5, 5.41) is 8.66. The van der Waals surface area contributed by atoms with E-state index in [1.165, 1.54) is 10.6 Å². The van der Waals surface area contributed by atoms with Crippen molar-refractivity contribution in [1.82, 2.24) is 15.2 Å². The predicted octanol–water partition coefficient (Wildman–Crippen LogP) is 3.17. The monoisotopic (exact) mass is 454 g/mol. The van der Waals surface area contributed by atoms with Gasteiger partial charge in [0.15, 0.2) is 0 Å². The molecular formula is C25H34N4O4. The first kappa shape index (κ1) is 24.4. The highest BCUT2D eigenvalue weighted by Gasteiger charge is 2.33. The molecule has 1 aliphatic heterocycles. The summed E-state index contributed by atoms with van der Waals surface area (Å²) in [6.07, 6.45) is 10.7. The second kappa shape index (κ2) is 10.2. The first-order valence-electron chi connectivity index (χ1n) is 11.5. The minimum Gasteiger partial charge on any atom is -0.444 e. The van der Waals surface area contributed by atoms with Crippen LogP contribution in [0.2, 0.25) is 0 Å². The molecule has 2 fully saturated rings. The van der Waals surface area contributed by atoms with Crippen molar-refractivity contribution < 1.29 is 14.3 Å². The van der Waals surface area contributed by atoms with E-state index >= 15 is 0 Å². The molecule has 1 saturated carbocycles. The smallest absolute Gasteiger partial charge is 0.412 e. The van der Waals surface area contributed by atoms with Crippen LogP contribution >= 0.6 is 0 Å². The molecule has 0 aromatic carbocycles. The summed E-state index contributed by atoms with van der Waals surface area (Å²) in [6.45, 7) is 10.1. The Hall–Kier alpha value is -3.21. The standard InChI is InChI=1S/C25H34N4O4/c1-6-19(15-18-11-12-26-16(18)2)27-22(30)21(14-17-9-10-17)29-13-7-8-20(23(29)31)28-24(32)33-25(3,4)5/h1,7-8,13,17-19,21,26H,2,9-12,14-15H2,3-5H3,(H,27,30)(H,28,32)/t18-,19?,21-/m0/s1. The van der Waals surface area contributed by atoms with E-state index < -0.39 is 29.3 Å². The average Bonchev–Trinajstić information content (AvgIpc) is 3.46. The lowest BCUT2D eigenvalue weighted by atomic mass is 9.96. The first-order chi connectivity index (χ1) is 15.6. The average molecular weight is 455 g/mol. The van der Waals surface area contributed by atoms with Gasteiger partial charge in [-0.15, -0.1) is 6.42 Å². The Bertz CT molecular complexity index is 997.